The van der Waals surface area contributed by atoms with Gasteiger partial charge in [0.25, 0.3) is 11.8 Å². The lowest BCUT2D eigenvalue weighted by atomic mass is 10.1. The molecular formula is C14H14BrN3O2. The molecule has 0 bridgehead atoms. The van der Waals surface area contributed by atoms with E-state index in [9.17, 15) is 9.59 Å². The third kappa shape index (κ3) is 3.89. The Morgan fingerprint density at radius 1 is 0.950 bits per heavy atom. The molecule has 0 atom stereocenters. The summed E-state index contributed by atoms with van der Waals surface area (Å²) in [5.74, 6) is -1.19. The van der Waals surface area contributed by atoms with Crippen LogP contribution in [0.25, 0.3) is 0 Å². The standard InChI is InChI=1S/C14H13N3O2.BrH/c15-13(18)11-6-12(14(16)19)9-17(8-11)7-10-4-2-1-3-5-10;/h1-6,8-9H,7H2,(H3-,15,16,18,19);1H. The Hall–Kier alpha value is -2.21. The Balaban J connectivity index is 0.00000200. The average Bonchev–Trinajstić information content (AvgIpc) is 2.39. The summed E-state index contributed by atoms with van der Waals surface area (Å²) in [5.41, 5.74) is 12.0. The van der Waals surface area contributed by atoms with Crippen LogP contribution in [-0.4, -0.2) is 11.8 Å². The van der Waals surface area contributed by atoms with Gasteiger partial charge in [-0.25, -0.2) is 0 Å². The molecule has 2 amide bonds. The first-order valence-corrected chi connectivity index (χ1v) is 5.74. The van der Waals surface area contributed by atoms with Crippen molar-refractivity contribution in [2.45, 2.75) is 6.54 Å². The van der Waals surface area contributed by atoms with Crippen LogP contribution in [0.15, 0.2) is 48.8 Å². The van der Waals surface area contributed by atoms with E-state index in [1.807, 2.05) is 30.3 Å². The second kappa shape index (κ2) is 6.81. The van der Waals surface area contributed by atoms with E-state index < -0.39 is 11.8 Å². The van der Waals surface area contributed by atoms with Gasteiger partial charge in [0.05, 0.1) is 0 Å². The fraction of sp³-hybridized carbons (Fsp3) is 0.0714. The molecule has 0 aliphatic heterocycles. The maximum Gasteiger partial charge on any atom is 0.254 e. The number of pyridine rings is 1. The molecule has 0 spiro atoms. The van der Waals surface area contributed by atoms with Crippen molar-refractivity contribution < 1.29 is 31.1 Å². The number of carbonyl (C=O) groups excluding carboxylic acids is 2. The predicted molar refractivity (Wildman–Crippen MR) is 69.2 cm³/mol. The number of halogens is 1. The van der Waals surface area contributed by atoms with Crippen LogP contribution < -0.4 is 33.0 Å². The zero-order chi connectivity index (χ0) is 13.8. The van der Waals surface area contributed by atoms with E-state index in [0.717, 1.165) is 5.56 Å². The normalized spacial score (nSPS) is 9.60. The fourth-order valence-corrected chi connectivity index (χ4v) is 1.79. The summed E-state index contributed by atoms with van der Waals surface area (Å²) in [7, 11) is 0. The van der Waals surface area contributed by atoms with Crippen molar-refractivity contribution in [3.8, 4) is 0 Å². The third-order valence-corrected chi connectivity index (χ3v) is 2.70. The number of hydrogen-bond donors (Lipinski definition) is 2. The second-order valence-corrected chi connectivity index (χ2v) is 4.20. The average molecular weight is 336 g/mol. The number of primary amides is 2. The minimum atomic E-state index is -0.593. The highest BCUT2D eigenvalue weighted by molar-refractivity contribution is 5.97. The molecule has 6 heteroatoms. The summed E-state index contributed by atoms with van der Waals surface area (Å²) in [4.78, 5) is 22.5. The molecule has 1 aromatic heterocycles. The molecule has 5 nitrogen and oxygen atoms in total. The summed E-state index contributed by atoms with van der Waals surface area (Å²) in [5, 5.41) is 0. The summed E-state index contributed by atoms with van der Waals surface area (Å²) >= 11 is 0. The molecule has 0 saturated carbocycles. The lowest BCUT2D eigenvalue weighted by Gasteiger charge is -2.02. The monoisotopic (exact) mass is 335 g/mol. The van der Waals surface area contributed by atoms with Crippen LogP contribution in [0, 0.1) is 0 Å². The smallest absolute Gasteiger partial charge is 0.254 e. The van der Waals surface area contributed by atoms with Gasteiger partial charge in [0.2, 0.25) is 0 Å². The zero-order valence-electron chi connectivity index (χ0n) is 10.6. The SMILES string of the molecule is NC(=O)c1cc(C(N)=O)c[n+](Cc2ccccc2)c1.[Br-]. The van der Waals surface area contributed by atoms with Gasteiger partial charge in [0.15, 0.2) is 18.9 Å². The minimum absolute atomic E-state index is 0. The van der Waals surface area contributed by atoms with E-state index in [0.29, 0.717) is 6.54 Å². The molecule has 1 heterocycles. The second-order valence-electron chi connectivity index (χ2n) is 4.20. The number of nitrogens with two attached hydrogens (primary N) is 2. The van der Waals surface area contributed by atoms with Crippen LogP contribution in [0.3, 0.4) is 0 Å². The maximum absolute atomic E-state index is 11.2. The Labute approximate surface area is 127 Å². The molecule has 104 valence electrons. The van der Waals surface area contributed by atoms with Crippen LogP contribution in [0.2, 0.25) is 0 Å². The third-order valence-electron chi connectivity index (χ3n) is 2.70. The highest BCUT2D eigenvalue weighted by Crippen LogP contribution is 2.02. The molecule has 0 unspecified atom stereocenters. The number of aromatic nitrogens is 1. The summed E-state index contributed by atoms with van der Waals surface area (Å²) in [6, 6.07) is 11.1. The van der Waals surface area contributed by atoms with Gasteiger partial charge in [-0.3, -0.25) is 9.59 Å². The van der Waals surface area contributed by atoms with Crippen LogP contribution >= 0.6 is 0 Å². The van der Waals surface area contributed by atoms with Crippen LogP contribution in [0.1, 0.15) is 26.3 Å². The highest BCUT2D eigenvalue weighted by atomic mass is 79.9. The van der Waals surface area contributed by atoms with Crippen molar-refractivity contribution in [2.24, 2.45) is 11.5 Å². The van der Waals surface area contributed by atoms with Gasteiger partial charge in [-0.1, -0.05) is 30.3 Å². The molecule has 0 radical (unpaired) electrons. The van der Waals surface area contributed by atoms with Crippen LogP contribution in [-0.2, 0) is 6.54 Å². The summed E-state index contributed by atoms with van der Waals surface area (Å²) < 4.78 is 1.72. The van der Waals surface area contributed by atoms with E-state index >= 15 is 0 Å². The molecule has 1 aromatic carbocycles. The maximum atomic E-state index is 11.2. The molecule has 0 fully saturated rings. The van der Waals surface area contributed by atoms with Gasteiger partial charge in [-0.05, 0) is 6.07 Å². The van der Waals surface area contributed by atoms with E-state index in [1.165, 1.54) is 6.07 Å². The molecular weight excluding hydrogens is 322 g/mol. The molecule has 0 saturated heterocycles. The van der Waals surface area contributed by atoms with Gasteiger partial charge < -0.3 is 28.4 Å². The van der Waals surface area contributed by atoms with E-state index in [2.05, 4.69) is 0 Å². The van der Waals surface area contributed by atoms with Gasteiger partial charge in [0.1, 0.15) is 11.1 Å². The van der Waals surface area contributed by atoms with Crippen molar-refractivity contribution in [3.63, 3.8) is 0 Å². The lowest BCUT2D eigenvalue weighted by Crippen LogP contribution is -3.00. The first kappa shape index (κ1) is 15.8. The quantitative estimate of drug-likeness (QED) is 0.592. The Bertz CT molecular complexity index is 597. The minimum Gasteiger partial charge on any atom is -1.00 e. The summed E-state index contributed by atoms with van der Waals surface area (Å²) in [6.07, 6.45) is 3.20. The number of benzene rings is 1. The Morgan fingerprint density at radius 2 is 1.45 bits per heavy atom. The van der Waals surface area contributed by atoms with Gasteiger partial charge in [-0.2, -0.15) is 4.57 Å². The van der Waals surface area contributed by atoms with Crippen molar-refractivity contribution in [2.75, 3.05) is 0 Å². The molecule has 0 aliphatic carbocycles. The highest BCUT2D eigenvalue weighted by Gasteiger charge is 2.14. The van der Waals surface area contributed by atoms with E-state index in [-0.39, 0.29) is 28.1 Å². The van der Waals surface area contributed by atoms with E-state index in [1.54, 1.807) is 17.0 Å². The number of hydrogen-bond acceptors (Lipinski definition) is 2. The lowest BCUT2D eigenvalue weighted by molar-refractivity contribution is -0.688. The van der Waals surface area contributed by atoms with Crippen LogP contribution in [0.5, 0.6) is 0 Å². The van der Waals surface area contributed by atoms with Crippen molar-refractivity contribution in [1.82, 2.24) is 0 Å². The van der Waals surface area contributed by atoms with E-state index in [4.69, 9.17) is 11.5 Å². The van der Waals surface area contributed by atoms with Gasteiger partial charge in [0, 0.05) is 5.56 Å². The number of carbonyl (C=O) groups is 2. The Kier molecular flexibility index (Phi) is 5.40. The molecule has 4 N–H and O–H groups in total. The largest absolute Gasteiger partial charge is 1.00 e. The topological polar surface area (TPSA) is 90.1 Å². The van der Waals surface area contributed by atoms with Crippen molar-refractivity contribution in [3.05, 3.63) is 65.5 Å². The zero-order valence-corrected chi connectivity index (χ0v) is 12.2. The number of nitrogens with zero attached hydrogens (tertiary/aromatic N) is 1. The van der Waals surface area contributed by atoms with Crippen molar-refractivity contribution >= 4 is 11.8 Å². The summed E-state index contributed by atoms with van der Waals surface area (Å²) in [6.45, 7) is 0.530. The molecule has 20 heavy (non-hydrogen) atoms. The number of amides is 2. The first-order chi connectivity index (χ1) is 9.06. The van der Waals surface area contributed by atoms with Crippen molar-refractivity contribution in [1.29, 1.82) is 0 Å². The predicted octanol–water partition coefficient (Wildman–Crippen LogP) is -2.78. The first-order valence-electron chi connectivity index (χ1n) is 5.74. The molecule has 0 aliphatic rings. The van der Waals surface area contributed by atoms with Gasteiger partial charge in [-0.15, -0.1) is 0 Å². The fourth-order valence-electron chi connectivity index (χ4n) is 1.79. The molecule has 2 rings (SSSR count). The van der Waals surface area contributed by atoms with Gasteiger partial charge >= 0.3 is 0 Å². The number of rotatable bonds is 4. The molecule has 2 aromatic rings. The Morgan fingerprint density at radius 3 is 1.90 bits per heavy atom. The van der Waals surface area contributed by atoms with Crippen LogP contribution in [0.4, 0.5) is 0 Å².